The second-order valence-corrected chi connectivity index (χ2v) is 7.32. The molecule has 28 heavy (non-hydrogen) atoms. The molecule has 0 aliphatic carbocycles. The SMILES string of the molecule is O=CCN1CCCC(Nc2nc(-c3c[nH]c4ncc(Cl)cc34)ncc2F)CC1. The quantitative estimate of drug-likeness (QED) is 0.637. The molecule has 0 saturated carbocycles. The monoisotopic (exact) mass is 402 g/mol. The number of anilines is 1. The summed E-state index contributed by atoms with van der Waals surface area (Å²) < 4.78 is 14.4. The Labute approximate surface area is 166 Å². The zero-order valence-corrected chi connectivity index (χ0v) is 15.9. The molecule has 0 radical (unpaired) electrons. The fourth-order valence-corrected chi connectivity index (χ4v) is 3.70. The van der Waals surface area contributed by atoms with Crippen molar-refractivity contribution in [3.05, 3.63) is 35.5 Å². The minimum atomic E-state index is -0.492. The predicted octanol–water partition coefficient (Wildman–Crippen LogP) is 3.28. The molecule has 4 rings (SSSR count). The highest BCUT2D eigenvalue weighted by molar-refractivity contribution is 6.31. The summed E-state index contributed by atoms with van der Waals surface area (Å²) in [6.45, 7) is 2.11. The van der Waals surface area contributed by atoms with E-state index in [1.165, 1.54) is 6.20 Å². The molecule has 0 bridgehead atoms. The average Bonchev–Trinajstić information content (AvgIpc) is 2.97. The van der Waals surface area contributed by atoms with Crippen LogP contribution in [0.2, 0.25) is 5.02 Å². The third kappa shape index (κ3) is 3.98. The van der Waals surface area contributed by atoms with Crippen LogP contribution in [0, 0.1) is 5.82 Å². The molecule has 3 aromatic rings. The Balaban J connectivity index is 1.57. The number of H-pyrrole nitrogens is 1. The third-order valence-corrected chi connectivity index (χ3v) is 5.18. The highest BCUT2D eigenvalue weighted by atomic mass is 35.5. The molecule has 146 valence electrons. The molecule has 9 heteroatoms. The van der Waals surface area contributed by atoms with Crippen LogP contribution in [-0.4, -0.2) is 56.8 Å². The summed E-state index contributed by atoms with van der Waals surface area (Å²) in [4.78, 5) is 28.7. The Morgan fingerprint density at radius 1 is 1.32 bits per heavy atom. The number of nitrogens with one attached hydrogen (secondary N) is 2. The van der Waals surface area contributed by atoms with Crippen molar-refractivity contribution in [1.29, 1.82) is 0 Å². The predicted molar refractivity (Wildman–Crippen MR) is 106 cm³/mol. The lowest BCUT2D eigenvalue weighted by atomic mass is 10.1. The van der Waals surface area contributed by atoms with Gasteiger partial charge in [0.1, 0.15) is 11.9 Å². The van der Waals surface area contributed by atoms with E-state index >= 15 is 0 Å². The summed E-state index contributed by atoms with van der Waals surface area (Å²) in [6.07, 6.45) is 8.05. The highest BCUT2D eigenvalue weighted by Crippen LogP contribution is 2.28. The van der Waals surface area contributed by atoms with Gasteiger partial charge in [-0.25, -0.2) is 19.3 Å². The maximum atomic E-state index is 14.4. The lowest BCUT2D eigenvalue weighted by Crippen LogP contribution is -2.28. The first-order valence-electron chi connectivity index (χ1n) is 9.22. The number of hydrogen-bond donors (Lipinski definition) is 2. The van der Waals surface area contributed by atoms with Crippen LogP contribution >= 0.6 is 11.6 Å². The van der Waals surface area contributed by atoms with Gasteiger partial charge in [0.25, 0.3) is 0 Å². The first-order chi connectivity index (χ1) is 13.6. The first kappa shape index (κ1) is 18.8. The van der Waals surface area contributed by atoms with Crippen LogP contribution in [0.25, 0.3) is 22.4 Å². The lowest BCUT2D eigenvalue weighted by Gasteiger charge is -2.18. The van der Waals surface area contributed by atoms with E-state index in [9.17, 15) is 9.18 Å². The van der Waals surface area contributed by atoms with Gasteiger partial charge in [-0.3, -0.25) is 4.90 Å². The maximum absolute atomic E-state index is 14.4. The Bertz CT molecular complexity index is 994. The number of aldehydes is 1. The van der Waals surface area contributed by atoms with Gasteiger partial charge in [-0.1, -0.05) is 11.6 Å². The number of carbonyl (C=O) groups excluding carboxylic acids is 1. The Morgan fingerprint density at radius 3 is 3.07 bits per heavy atom. The fraction of sp³-hybridized carbons (Fsp3) is 0.368. The molecular weight excluding hydrogens is 383 g/mol. The van der Waals surface area contributed by atoms with Gasteiger partial charge in [-0.05, 0) is 31.9 Å². The van der Waals surface area contributed by atoms with Gasteiger partial charge in [0.15, 0.2) is 17.5 Å². The van der Waals surface area contributed by atoms with Crippen molar-refractivity contribution < 1.29 is 9.18 Å². The highest BCUT2D eigenvalue weighted by Gasteiger charge is 2.19. The summed E-state index contributed by atoms with van der Waals surface area (Å²) in [5, 5.41) is 4.51. The van der Waals surface area contributed by atoms with Crippen LogP contribution in [0.4, 0.5) is 10.2 Å². The Kier molecular flexibility index (Phi) is 5.50. The molecule has 2 N–H and O–H groups in total. The molecule has 0 aromatic carbocycles. The molecule has 1 unspecified atom stereocenters. The van der Waals surface area contributed by atoms with Crippen molar-refractivity contribution in [3.8, 4) is 11.4 Å². The zero-order chi connectivity index (χ0) is 19.5. The number of fused-ring (bicyclic) bond motifs is 1. The molecule has 1 atom stereocenters. The number of rotatable bonds is 5. The van der Waals surface area contributed by atoms with Gasteiger partial charge in [0.2, 0.25) is 0 Å². The number of carbonyl (C=O) groups is 1. The van der Waals surface area contributed by atoms with Crippen molar-refractivity contribution >= 4 is 34.7 Å². The largest absolute Gasteiger partial charge is 0.365 e. The molecular formula is C19H20ClFN6O. The average molecular weight is 403 g/mol. The van der Waals surface area contributed by atoms with Crippen molar-refractivity contribution in [2.45, 2.75) is 25.3 Å². The minimum Gasteiger partial charge on any atom is -0.365 e. The molecule has 1 aliphatic rings. The van der Waals surface area contributed by atoms with E-state index < -0.39 is 5.82 Å². The van der Waals surface area contributed by atoms with E-state index in [2.05, 4.69) is 30.2 Å². The normalized spacial score (nSPS) is 18.1. The smallest absolute Gasteiger partial charge is 0.183 e. The topological polar surface area (TPSA) is 86.8 Å². The van der Waals surface area contributed by atoms with E-state index in [1.807, 2.05) is 0 Å². The summed E-state index contributed by atoms with van der Waals surface area (Å²) in [5.41, 5.74) is 1.38. The molecule has 4 heterocycles. The van der Waals surface area contributed by atoms with Crippen LogP contribution < -0.4 is 5.32 Å². The van der Waals surface area contributed by atoms with E-state index in [0.29, 0.717) is 28.6 Å². The van der Waals surface area contributed by atoms with Crippen LogP contribution in [0.5, 0.6) is 0 Å². The molecule has 0 amide bonds. The number of pyridine rings is 1. The standard InChI is InChI=1S/C19H20ClFN6O/c20-12-8-14-15(10-23-17(14)22-9-12)18-24-11-16(21)19(26-18)25-13-2-1-4-27(5-3-13)6-7-28/h7-11,13H,1-6H2,(H,22,23)(H,24,25,26). The molecule has 3 aromatic heterocycles. The van der Waals surface area contributed by atoms with Crippen molar-refractivity contribution in [2.75, 3.05) is 25.0 Å². The molecule has 1 fully saturated rings. The molecule has 7 nitrogen and oxygen atoms in total. The summed E-state index contributed by atoms with van der Waals surface area (Å²) in [5.74, 6) is 0.0901. The minimum absolute atomic E-state index is 0.0907. The van der Waals surface area contributed by atoms with Crippen LogP contribution in [0.1, 0.15) is 19.3 Å². The number of nitrogens with zero attached hydrogens (tertiary/aromatic N) is 4. The molecule has 1 saturated heterocycles. The van der Waals surface area contributed by atoms with Gasteiger partial charge >= 0.3 is 0 Å². The number of hydrogen-bond acceptors (Lipinski definition) is 6. The van der Waals surface area contributed by atoms with Crippen LogP contribution in [-0.2, 0) is 4.79 Å². The second kappa shape index (κ2) is 8.20. The molecule has 0 spiro atoms. The van der Waals surface area contributed by atoms with Crippen LogP contribution in [0.15, 0.2) is 24.7 Å². The second-order valence-electron chi connectivity index (χ2n) is 6.88. The van der Waals surface area contributed by atoms with E-state index in [4.69, 9.17) is 11.6 Å². The maximum Gasteiger partial charge on any atom is 0.183 e. The van der Waals surface area contributed by atoms with Crippen LogP contribution in [0.3, 0.4) is 0 Å². The number of likely N-dealkylation sites (tertiary alicyclic amines) is 1. The van der Waals surface area contributed by atoms with E-state index in [1.54, 1.807) is 18.5 Å². The number of halogens is 2. The number of aromatic nitrogens is 4. The first-order valence-corrected chi connectivity index (χ1v) is 9.60. The zero-order valence-electron chi connectivity index (χ0n) is 15.2. The summed E-state index contributed by atoms with van der Waals surface area (Å²) in [7, 11) is 0. The number of aromatic amines is 1. The van der Waals surface area contributed by atoms with Gasteiger partial charge in [0.05, 0.1) is 17.8 Å². The summed E-state index contributed by atoms with van der Waals surface area (Å²) >= 11 is 6.05. The lowest BCUT2D eigenvalue weighted by molar-refractivity contribution is -0.108. The van der Waals surface area contributed by atoms with Gasteiger partial charge < -0.3 is 15.1 Å². The van der Waals surface area contributed by atoms with Gasteiger partial charge in [-0.15, -0.1) is 0 Å². The van der Waals surface area contributed by atoms with E-state index in [0.717, 1.165) is 44.0 Å². The Morgan fingerprint density at radius 2 is 2.21 bits per heavy atom. The third-order valence-electron chi connectivity index (χ3n) is 4.98. The fourth-order valence-electron chi connectivity index (χ4n) is 3.54. The van der Waals surface area contributed by atoms with Crippen molar-refractivity contribution in [1.82, 2.24) is 24.8 Å². The van der Waals surface area contributed by atoms with Gasteiger partial charge in [-0.2, -0.15) is 0 Å². The van der Waals surface area contributed by atoms with Crippen molar-refractivity contribution in [2.24, 2.45) is 0 Å². The van der Waals surface area contributed by atoms with Gasteiger partial charge in [0, 0.05) is 35.9 Å². The molecule has 1 aliphatic heterocycles. The summed E-state index contributed by atoms with van der Waals surface area (Å²) in [6, 6.07) is 1.87. The Hall–Kier alpha value is -2.58. The van der Waals surface area contributed by atoms with Crippen molar-refractivity contribution in [3.63, 3.8) is 0 Å². The van der Waals surface area contributed by atoms with E-state index in [-0.39, 0.29) is 11.9 Å².